The lowest BCUT2D eigenvalue weighted by Gasteiger charge is -2.25. The van der Waals surface area contributed by atoms with Gasteiger partial charge in [0.25, 0.3) is 0 Å². The second-order valence-corrected chi connectivity index (χ2v) is 3.86. The molecule has 0 heterocycles. The van der Waals surface area contributed by atoms with Gasteiger partial charge in [0.05, 0.1) is 14.2 Å². The van der Waals surface area contributed by atoms with Gasteiger partial charge in [0.15, 0.2) is 0 Å². The van der Waals surface area contributed by atoms with Gasteiger partial charge >= 0.3 is 0 Å². The molecule has 0 N–H and O–H groups in total. The number of halogens is 1. The summed E-state index contributed by atoms with van der Waals surface area (Å²) in [6.45, 7) is 2.44. The molecule has 1 amide bonds. The van der Waals surface area contributed by atoms with Crippen molar-refractivity contribution in [3.05, 3.63) is 18.2 Å². The molecule has 1 rings (SSSR count). The summed E-state index contributed by atoms with van der Waals surface area (Å²) in [6.07, 6.45) is 0. The maximum absolute atomic E-state index is 12.0. The lowest BCUT2D eigenvalue weighted by molar-refractivity contribution is -0.117. The summed E-state index contributed by atoms with van der Waals surface area (Å²) in [6, 6.07) is 5.28. The first-order valence-corrected chi connectivity index (χ1v) is 6.38. The summed E-state index contributed by atoms with van der Waals surface area (Å²) in [5.74, 6) is 0.627. The van der Waals surface area contributed by atoms with Crippen LogP contribution in [0.3, 0.4) is 0 Å². The topological polar surface area (TPSA) is 48.0 Å². The average molecular weight is 288 g/mol. The van der Waals surface area contributed by atoms with Gasteiger partial charge in [0.2, 0.25) is 5.91 Å². The lowest BCUT2D eigenvalue weighted by Crippen LogP contribution is -2.34. The van der Waals surface area contributed by atoms with Crippen LogP contribution in [0, 0.1) is 0 Å². The molecule has 0 bridgehead atoms. The Bertz CT molecular complexity index is 403. The van der Waals surface area contributed by atoms with E-state index in [1.165, 1.54) is 19.1 Å². The van der Waals surface area contributed by atoms with Crippen molar-refractivity contribution < 1.29 is 19.0 Å². The van der Waals surface area contributed by atoms with Crippen LogP contribution in [0.1, 0.15) is 6.92 Å². The standard InChI is InChI=1S/C13H18ClNO4/c1-4-19-9-15(12(16)8-14)13-10(17-2)6-5-7-11(13)18-3/h5-7H,4,8-9H2,1-3H3. The Kier molecular flexibility index (Phi) is 6.45. The molecule has 5 nitrogen and oxygen atoms in total. The van der Waals surface area contributed by atoms with Crippen molar-refractivity contribution >= 4 is 23.2 Å². The van der Waals surface area contributed by atoms with Crippen molar-refractivity contribution in [2.75, 3.05) is 38.3 Å². The molecule has 0 unspecified atom stereocenters. The van der Waals surface area contributed by atoms with E-state index in [9.17, 15) is 4.79 Å². The van der Waals surface area contributed by atoms with Crippen LogP contribution in [0.4, 0.5) is 5.69 Å². The Morgan fingerprint density at radius 3 is 2.26 bits per heavy atom. The highest BCUT2D eigenvalue weighted by Gasteiger charge is 2.22. The molecule has 0 aliphatic rings. The molecular weight excluding hydrogens is 270 g/mol. The fourth-order valence-corrected chi connectivity index (χ4v) is 1.76. The number of hydrogen-bond donors (Lipinski definition) is 0. The molecule has 0 spiro atoms. The predicted octanol–water partition coefficient (Wildman–Crippen LogP) is 2.27. The fourth-order valence-electron chi connectivity index (χ4n) is 1.61. The summed E-state index contributed by atoms with van der Waals surface area (Å²) >= 11 is 5.64. The Labute approximate surface area is 118 Å². The summed E-state index contributed by atoms with van der Waals surface area (Å²) < 4.78 is 15.8. The Morgan fingerprint density at radius 1 is 1.26 bits per heavy atom. The van der Waals surface area contributed by atoms with E-state index in [1.54, 1.807) is 18.2 Å². The zero-order valence-corrected chi connectivity index (χ0v) is 12.1. The number of carbonyl (C=O) groups excluding carboxylic acids is 1. The van der Waals surface area contributed by atoms with Crippen LogP contribution in [-0.2, 0) is 9.53 Å². The van der Waals surface area contributed by atoms with Crippen LogP contribution in [0.2, 0.25) is 0 Å². The van der Waals surface area contributed by atoms with Crippen LogP contribution in [-0.4, -0.2) is 39.3 Å². The first kappa shape index (κ1) is 15.6. The maximum Gasteiger partial charge on any atom is 0.244 e. The average Bonchev–Trinajstić information content (AvgIpc) is 2.46. The number of amides is 1. The third-order valence-electron chi connectivity index (χ3n) is 2.51. The fraction of sp³-hybridized carbons (Fsp3) is 0.462. The van der Waals surface area contributed by atoms with Crippen molar-refractivity contribution in [1.82, 2.24) is 0 Å². The molecule has 106 valence electrons. The summed E-state index contributed by atoms with van der Waals surface area (Å²) in [7, 11) is 3.06. The minimum atomic E-state index is -0.280. The molecule has 0 saturated carbocycles. The van der Waals surface area contributed by atoms with E-state index >= 15 is 0 Å². The van der Waals surface area contributed by atoms with Crippen molar-refractivity contribution in [2.24, 2.45) is 0 Å². The zero-order chi connectivity index (χ0) is 14.3. The molecular formula is C13H18ClNO4. The summed E-state index contributed by atoms with van der Waals surface area (Å²) in [5, 5.41) is 0. The second kappa shape index (κ2) is 7.86. The smallest absolute Gasteiger partial charge is 0.244 e. The molecule has 19 heavy (non-hydrogen) atoms. The SMILES string of the molecule is CCOCN(C(=O)CCl)c1c(OC)cccc1OC. The van der Waals surface area contributed by atoms with Gasteiger partial charge in [-0.2, -0.15) is 0 Å². The number of carbonyl (C=O) groups is 1. The molecule has 6 heteroatoms. The molecule has 0 aliphatic carbocycles. The minimum absolute atomic E-state index is 0.0960. The molecule has 0 aromatic heterocycles. The van der Waals surface area contributed by atoms with Gasteiger partial charge in [-0.15, -0.1) is 11.6 Å². The predicted molar refractivity (Wildman–Crippen MR) is 74.2 cm³/mol. The van der Waals surface area contributed by atoms with Gasteiger partial charge in [-0.3, -0.25) is 9.69 Å². The number of alkyl halides is 1. The van der Waals surface area contributed by atoms with Crippen LogP contribution < -0.4 is 14.4 Å². The third kappa shape index (κ3) is 3.75. The number of nitrogens with zero attached hydrogens (tertiary/aromatic N) is 1. The molecule has 0 saturated heterocycles. The van der Waals surface area contributed by atoms with E-state index in [0.717, 1.165) is 0 Å². The Morgan fingerprint density at radius 2 is 1.84 bits per heavy atom. The van der Waals surface area contributed by atoms with E-state index in [2.05, 4.69) is 0 Å². The minimum Gasteiger partial charge on any atom is -0.494 e. The van der Waals surface area contributed by atoms with Crippen LogP contribution in [0.15, 0.2) is 18.2 Å². The highest BCUT2D eigenvalue weighted by molar-refractivity contribution is 6.29. The molecule has 1 aromatic rings. The van der Waals surface area contributed by atoms with Crippen molar-refractivity contribution in [3.63, 3.8) is 0 Å². The zero-order valence-electron chi connectivity index (χ0n) is 11.3. The molecule has 0 atom stereocenters. The van der Waals surface area contributed by atoms with E-state index in [1.807, 2.05) is 6.92 Å². The van der Waals surface area contributed by atoms with Crippen molar-refractivity contribution in [3.8, 4) is 11.5 Å². The number of hydrogen-bond acceptors (Lipinski definition) is 4. The summed E-state index contributed by atoms with van der Waals surface area (Å²) in [5.41, 5.74) is 0.520. The Balaban J connectivity index is 3.22. The van der Waals surface area contributed by atoms with Gasteiger partial charge < -0.3 is 14.2 Å². The highest BCUT2D eigenvalue weighted by atomic mass is 35.5. The normalized spacial score (nSPS) is 10.1. The van der Waals surface area contributed by atoms with Crippen LogP contribution in [0.25, 0.3) is 0 Å². The van der Waals surface area contributed by atoms with Crippen LogP contribution >= 0.6 is 11.6 Å². The largest absolute Gasteiger partial charge is 0.494 e. The van der Waals surface area contributed by atoms with Gasteiger partial charge in [0, 0.05) is 6.61 Å². The molecule has 0 radical (unpaired) electrons. The highest BCUT2D eigenvalue weighted by Crippen LogP contribution is 2.37. The molecule has 0 aliphatic heterocycles. The van der Waals surface area contributed by atoms with Crippen molar-refractivity contribution in [2.45, 2.75) is 6.92 Å². The van der Waals surface area contributed by atoms with E-state index in [4.69, 9.17) is 25.8 Å². The number of benzene rings is 1. The number of anilines is 1. The number of methoxy groups -OCH3 is 2. The first-order valence-electron chi connectivity index (χ1n) is 5.84. The number of ether oxygens (including phenoxy) is 3. The quantitative estimate of drug-likeness (QED) is 0.570. The number of para-hydroxylation sites is 1. The summed E-state index contributed by atoms with van der Waals surface area (Å²) in [4.78, 5) is 13.4. The molecule has 1 aromatic carbocycles. The first-order chi connectivity index (χ1) is 9.19. The monoisotopic (exact) mass is 287 g/mol. The maximum atomic E-state index is 12.0. The van der Waals surface area contributed by atoms with Gasteiger partial charge in [-0.05, 0) is 19.1 Å². The van der Waals surface area contributed by atoms with Gasteiger partial charge in [-0.25, -0.2) is 0 Å². The van der Waals surface area contributed by atoms with Gasteiger partial charge in [-0.1, -0.05) is 6.07 Å². The third-order valence-corrected chi connectivity index (χ3v) is 2.74. The number of rotatable bonds is 7. The van der Waals surface area contributed by atoms with E-state index in [-0.39, 0.29) is 18.5 Å². The van der Waals surface area contributed by atoms with E-state index in [0.29, 0.717) is 23.8 Å². The van der Waals surface area contributed by atoms with Gasteiger partial charge in [0.1, 0.15) is 29.8 Å². The van der Waals surface area contributed by atoms with Crippen LogP contribution in [0.5, 0.6) is 11.5 Å². The lowest BCUT2D eigenvalue weighted by atomic mass is 10.2. The Hall–Kier alpha value is -1.46. The van der Waals surface area contributed by atoms with Crippen molar-refractivity contribution in [1.29, 1.82) is 0 Å². The second-order valence-electron chi connectivity index (χ2n) is 3.59. The molecule has 0 fully saturated rings. The van der Waals surface area contributed by atoms with E-state index < -0.39 is 0 Å².